The standard InChI is InChI=1S/C15H12N2O6/c18-11-4-3-10(13(20)16-11)17-12(19)6-7-1-2-8(15(22)23)5-9(7)14(17)21/h1-2,5,10H,3-4,6H2,(H,22,23)(H,16,18,20). The van der Waals surface area contributed by atoms with Crippen molar-refractivity contribution in [3.63, 3.8) is 0 Å². The van der Waals surface area contributed by atoms with Crippen LogP contribution in [0.15, 0.2) is 18.2 Å². The van der Waals surface area contributed by atoms with Crippen molar-refractivity contribution in [1.82, 2.24) is 10.2 Å². The first-order valence-corrected chi connectivity index (χ1v) is 6.95. The minimum Gasteiger partial charge on any atom is -0.478 e. The molecule has 0 bridgehead atoms. The molecule has 1 atom stereocenters. The molecule has 118 valence electrons. The maximum Gasteiger partial charge on any atom is 0.335 e. The summed E-state index contributed by atoms with van der Waals surface area (Å²) in [6, 6.07) is 2.90. The number of nitrogens with zero attached hydrogens (tertiary/aromatic N) is 1. The molecule has 0 spiro atoms. The Balaban J connectivity index is 1.98. The first kappa shape index (κ1) is 14.9. The van der Waals surface area contributed by atoms with Gasteiger partial charge >= 0.3 is 5.97 Å². The van der Waals surface area contributed by atoms with Gasteiger partial charge in [-0.25, -0.2) is 4.79 Å². The van der Waals surface area contributed by atoms with E-state index in [-0.39, 0.29) is 30.4 Å². The van der Waals surface area contributed by atoms with Crippen molar-refractivity contribution in [2.75, 3.05) is 0 Å². The van der Waals surface area contributed by atoms with Gasteiger partial charge in [0.05, 0.1) is 12.0 Å². The number of carboxylic acid groups (broad SMARTS) is 1. The van der Waals surface area contributed by atoms with E-state index in [9.17, 15) is 24.0 Å². The maximum atomic E-state index is 12.6. The number of carboxylic acids is 1. The number of carbonyl (C=O) groups is 5. The Morgan fingerprint density at radius 3 is 2.61 bits per heavy atom. The second-order valence-electron chi connectivity index (χ2n) is 5.39. The third-order valence-electron chi connectivity index (χ3n) is 3.94. The van der Waals surface area contributed by atoms with Crippen LogP contribution in [0.5, 0.6) is 0 Å². The maximum absolute atomic E-state index is 12.6. The molecule has 1 saturated heterocycles. The number of amides is 4. The Bertz CT molecular complexity index is 769. The molecule has 1 unspecified atom stereocenters. The third-order valence-corrected chi connectivity index (χ3v) is 3.94. The smallest absolute Gasteiger partial charge is 0.335 e. The lowest BCUT2D eigenvalue weighted by atomic mass is 9.93. The molecule has 0 aliphatic carbocycles. The quantitative estimate of drug-likeness (QED) is 0.724. The van der Waals surface area contributed by atoms with Crippen LogP contribution >= 0.6 is 0 Å². The zero-order chi connectivity index (χ0) is 16.7. The molecule has 1 aromatic rings. The van der Waals surface area contributed by atoms with Gasteiger partial charge in [-0.3, -0.25) is 29.4 Å². The molecule has 2 heterocycles. The summed E-state index contributed by atoms with van der Waals surface area (Å²) in [5.41, 5.74) is 0.442. The van der Waals surface area contributed by atoms with E-state index in [1.165, 1.54) is 18.2 Å². The first-order chi connectivity index (χ1) is 10.9. The summed E-state index contributed by atoms with van der Waals surface area (Å²) in [5.74, 6) is -3.59. The minimum absolute atomic E-state index is 0.0372. The predicted molar refractivity (Wildman–Crippen MR) is 74.5 cm³/mol. The topological polar surface area (TPSA) is 121 Å². The van der Waals surface area contributed by atoms with Crippen molar-refractivity contribution < 1.29 is 29.1 Å². The van der Waals surface area contributed by atoms with Gasteiger partial charge < -0.3 is 5.11 Å². The molecule has 4 amide bonds. The Morgan fingerprint density at radius 1 is 1.22 bits per heavy atom. The molecule has 0 aromatic heterocycles. The van der Waals surface area contributed by atoms with E-state index in [0.717, 1.165) is 4.90 Å². The van der Waals surface area contributed by atoms with Crippen molar-refractivity contribution >= 4 is 29.6 Å². The van der Waals surface area contributed by atoms with Gasteiger partial charge in [0.25, 0.3) is 5.91 Å². The SMILES string of the molecule is O=C1CCC(N2C(=O)Cc3ccc(C(=O)O)cc3C2=O)C(=O)N1. The fourth-order valence-electron chi connectivity index (χ4n) is 2.80. The molecular weight excluding hydrogens is 304 g/mol. The minimum atomic E-state index is -1.19. The zero-order valence-corrected chi connectivity index (χ0v) is 11.9. The highest BCUT2D eigenvalue weighted by atomic mass is 16.4. The number of imide groups is 2. The fraction of sp³-hybridized carbons (Fsp3) is 0.267. The van der Waals surface area contributed by atoms with Gasteiger partial charge in [0, 0.05) is 12.0 Å². The van der Waals surface area contributed by atoms with Gasteiger partial charge in [-0.15, -0.1) is 0 Å². The molecule has 0 radical (unpaired) electrons. The molecule has 1 aromatic carbocycles. The van der Waals surface area contributed by atoms with Crippen LogP contribution in [0.2, 0.25) is 0 Å². The van der Waals surface area contributed by atoms with Crippen LogP contribution in [-0.4, -0.2) is 45.6 Å². The van der Waals surface area contributed by atoms with Crippen molar-refractivity contribution in [2.45, 2.75) is 25.3 Å². The molecule has 23 heavy (non-hydrogen) atoms. The van der Waals surface area contributed by atoms with Gasteiger partial charge in [-0.1, -0.05) is 6.07 Å². The Hall–Kier alpha value is -3.03. The first-order valence-electron chi connectivity index (χ1n) is 6.95. The van der Waals surface area contributed by atoms with Crippen LogP contribution in [-0.2, 0) is 20.8 Å². The van der Waals surface area contributed by atoms with Gasteiger partial charge in [0.1, 0.15) is 6.04 Å². The van der Waals surface area contributed by atoms with Crippen molar-refractivity contribution in [2.24, 2.45) is 0 Å². The summed E-state index contributed by atoms with van der Waals surface area (Å²) in [5, 5.41) is 11.1. The number of nitrogens with one attached hydrogen (secondary N) is 1. The molecule has 2 aliphatic rings. The normalized spacial score (nSPS) is 21.0. The number of hydrogen-bond acceptors (Lipinski definition) is 5. The lowest BCUT2D eigenvalue weighted by Crippen LogP contribution is -2.57. The summed E-state index contributed by atoms with van der Waals surface area (Å²) >= 11 is 0. The van der Waals surface area contributed by atoms with E-state index in [1.807, 2.05) is 0 Å². The van der Waals surface area contributed by atoms with Crippen molar-refractivity contribution in [3.05, 3.63) is 34.9 Å². The Kier molecular flexibility index (Phi) is 3.44. The van der Waals surface area contributed by atoms with Crippen molar-refractivity contribution in [1.29, 1.82) is 0 Å². The van der Waals surface area contributed by atoms with Crippen molar-refractivity contribution in [3.8, 4) is 0 Å². The van der Waals surface area contributed by atoms with Gasteiger partial charge in [0.2, 0.25) is 17.7 Å². The van der Waals surface area contributed by atoms with Crippen LogP contribution in [0.4, 0.5) is 0 Å². The van der Waals surface area contributed by atoms with Crippen LogP contribution in [0, 0.1) is 0 Å². The van der Waals surface area contributed by atoms with E-state index in [4.69, 9.17) is 5.11 Å². The summed E-state index contributed by atoms with van der Waals surface area (Å²) in [6.45, 7) is 0. The van der Waals surface area contributed by atoms with Gasteiger partial charge in [0.15, 0.2) is 0 Å². The van der Waals surface area contributed by atoms with E-state index in [2.05, 4.69) is 5.32 Å². The van der Waals surface area contributed by atoms with Gasteiger partial charge in [-0.05, 0) is 24.1 Å². The van der Waals surface area contributed by atoms with Crippen LogP contribution < -0.4 is 5.32 Å². The number of benzene rings is 1. The highest BCUT2D eigenvalue weighted by molar-refractivity contribution is 6.14. The van der Waals surface area contributed by atoms with E-state index in [1.54, 1.807) is 0 Å². The number of aromatic carboxylic acids is 1. The van der Waals surface area contributed by atoms with Gasteiger partial charge in [-0.2, -0.15) is 0 Å². The summed E-state index contributed by atoms with van der Waals surface area (Å²) in [7, 11) is 0. The lowest BCUT2D eigenvalue weighted by molar-refractivity contribution is -0.143. The number of rotatable bonds is 2. The number of fused-ring (bicyclic) bond motifs is 1. The van der Waals surface area contributed by atoms with E-state index < -0.39 is 35.6 Å². The second-order valence-corrected chi connectivity index (χ2v) is 5.39. The Morgan fingerprint density at radius 2 is 1.96 bits per heavy atom. The molecule has 1 fully saturated rings. The number of piperidine rings is 1. The molecular formula is C15H12N2O6. The highest BCUT2D eigenvalue weighted by Gasteiger charge is 2.41. The number of hydrogen-bond donors (Lipinski definition) is 2. The molecule has 3 rings (SSSR count). The second kappa shape index (κ2) is 5.31. The van der Waals surface area contributed by atoms with E-state index >= 15 is 0 Å². The largest absolute Gasteiger partial charge is 0.478 e. The average Bonchev–Trinajstić information content (AvgIpc) is 2.49. The average molecular weight is 316 g/mol. The van der Waals surface area contributed by atoms with Crippen LogP contribution in [0.1, 0.15) is 39.1 Å². The molecule has 2 aliphatic heterocycles. The highest BCUT2D eigenvalue weighted by Crippen LogP contribution is 2.25. The molecule has 2 N–H and O–H groups in total. The third kappa shape index (κ3) is 2.48. The zero-order valence-electron chi connectivity index (χ0n) is 11.9. The summed E-state index contributed by atoms with van der Waals surface area (Å²) < 4.78 is 0. The number of carbonyl (C=O) groups excluding carboxylic acids is 4. The molecule has 8 heteroatoms. The molecule has 8 nitrogen and oxygen atoms in total. The molecule has 0 saturated carbocycles. The Labute approximate surface area is 130 Å². The van der Waals surface area contributed by atoms with Crippen LogP contribution in [0.3, 0.4) is 0 Å². The monoisotopic (exact) mass is 316 g/mol. The predicted octanol–water partition coefficient (Wildman–Crippen LogP) is -0.285. The summed E-state index contributed by atoms with van der Waals surface area (Å²) in [6.07, 6.45) is 0.00426. The van der Waals surface area contributed by atoms with Crippen LogP contribution in [0.25, 0.3) is 0 Å². The fourth-order valence-corrected chi connectivity index (χ4v) is 2.80. The van der Waals surface area contributed by atoms with E-state index in [0.29, 0.717) is 5.56 Å². The lowest BCUT2D eigenvalue weighted by Gasteiger charge is -2.34. The summed E-state index contributed by atoms with van der Waals surface area (Å²) in [4.78, 5) is 59.8.